The average molecular weight is 309 g/mol. The Hall–Kier alpha value is -1.43. The van der Waals surface area contributed by atoms with Gasteiger partial charge in [0.25, 0.3) is 0 Å². The molecule has 0 saturated carbocycles. The van der Waals surface area contributed by atoms with Crippen molar-refractivity contribution in [2.45, 2.75) is 65.1 Å². The van der Waals surface area contributed by atoms with Crippen molar-refractivity contribution in [2.24, 2.45) is 5.73 Å². The molecule has 0 amide bonds. The van der Waals surface area contributed by atoms with Crippen LogP contribution in [0.15, 0.2) is 24.3 Å². The van der Waals surface area contributed by atoms with E-state index in [9.17, 15) is 9.90 Å². The number of ether oxygens (including phenoxy) is 2. The molecular formula is C17H27NO4. The summed E-state index contributed by atoms with van der Waals surface area (Å²) in [4.78, 5) is 11.8. The number of aryl methyl sites for hydroxylation is 1. The molecule has 0 bridgehead atoms. The van der Waals surface area contributed by atoms with Crippen LogP contribution >= 0.6 is 0 Å². The van der Waals surface area contributed by atoms with E-state index < -0.39 is 23.9 Å². The summed E-state index contributed by atoms with van der Waals surface area (Å²) in [5.41, 5.74) is 7.41. The van der Waals surface area contributed by atoms with Crippen LogP contribution in [0.25, 0.3) is 0 Å². The molecule has 22 heavy (non-hydrogen) atoms. The van der Waals surface area contributed by atoms with E-state index in [1.807, 2.05) is 52.0 Å². The van der Waals surface area contributed by atoms with E-state index in [4.69, 9.17) is 15.2 Å². The molecule has 0 heterocycles. The smallest absolute Gasteiger partial charge is 0.323 e. The van der Waals surface area contributed by atoms with Crippen LogP contribution in [-0.4, -0.2) is 29.0 Å². The van der Waals surface area contributed by atoms with Crippen LogP contribution in [-0.2, 0) is 20.9 Å². The van der Waals surface area contributed by atoms with Crippen LogP contribution < -0.4 is 5.73 Å². The molecule has 0 fully saturated rings. The number of benzene rings is 1. The first-order valence-electron chi connectivity index (χ1n) is 7.51. The lowest BCUT2D eigenvalue weighted by molar-refractivity contribution is -0.170. The molecule has 2 unspecified atom stereocenters. The highest BCUT2D eigenvalue weighted by Crippen LogP contribution is 2.13. The Morgan fingerprint density at radius 1 is 1.23 bits per heavy atom. The Morgan fingerprint density at radius 2 is 1.82 bits per heavy atom. The van der Waals surface area contributed by atoms with E-state index >= 15 is 0 Å². The largest absolute Gasteiger partial charge is 0.460 e. The molecule has 3 N–H and O–H groups in total. The van der Waals surface area contributed by atoms with Crippen molar-refractivity contribution in [1.29, 1.82) is 0 Å². The predicted octanol–water partition coefficient (Wildman–Crippen LogP) is 2.28. The summed E-state index contributed by atoms with van der Waals surface area (Å²) in [6.07, 6.45) is -0.335. The van der Waals surface area contributed by atoms with Crippen molar-refractivity contribution in [3.63, 3.8) is 0 Å². The van der Waals surface area contributed by atoms with Crippen LogP contribution in [0.1, 0.15) is 44.7 Å². The Labute approximate surface area is 132 Å². The number of carbonyl (C=O) groups excluding carboxylic acids is 1. The standard InChI is InChI=1S/C17H27NO4/c1-12-5-7-13(8-6-12)11-21-16(20)14(18)9-10-15(19)22-17(2,3)4/h5-8,14-15,19H,9-11,18H2,1-4H3. The van der Waals surface area contributed by atoms with Gasteiger partial charge in [-0.25, -0.2) is 0 Å². The third-order valence-electron chi connectivity index (χ3n) is 3.02. The van der Waals surface area contributed by atoms with E-state index in [1.54, 1.807) is 0 Å². The first-order chi connectivity index (χ1) is 10.2. The highest BCUT2D eigenvalue weighted by atomic mass is 16.6. The molecule has 1 aromatic carbocycles. The van der Waals surface area contributed by atoms with Crippen molar-refractivity contribution in [1.82, 2.24) is 0 Å². The van der Waals surface area contributed by atoms with Crippen molar-refractivity contribution < 1.29 is 19.4 Å². The number of hydrogen-bond acceptors (Lipinski definition) is 5. The predicted molar refractivity (Wildman–Crippen MR) is 85.0 cm³/mol. The number of esters is 1. The molecule has 2 atom stereocenters. The number of rotatable bonds is 7. The normalized spacial score (nSPS) is 14.5. The van der Waals surface area contributed by atoms with Crippen LogP contribution in [0, 0.1) is 6.92 Å². The zero-order chi connectivity index (χ0) is 16.8. The summed E-state index contributed by atoms with van der Waals surface area (Å²) in [6, 6.07) is 6.99. The highest BCUT2D eigenvalue weighted by molar-refractivity contribution is 5.75. The van der Waals surface area contributed by atoms with Crippen molar-refractivity contribution in [3.05, 3.63) is 35.4 Å². The molecule has 5 nitrogen and oxygen atoms in total. The second-order valence-electron chi connectivity index (χ2n) is 6.46. The summed E-state index contributed by atoms with van der Waals surface area (Å²) < 4.78 is 10.5. The van der Waals surface area contributed by atoms with E-state index in [2.05, 4.69) is 0 Å². The second-order valence-corrected chi connectivity index (χ2v) is 6.46. The lowest BCUT2D eigenvalue weighted by Crippen LogP contribution is -2.34. The Balaban J connectivity index is 2.31. The van der Waals surface area contributed by atoms with E-state index in [-0.39, 0.29) is 13.0 Å². The molecule has 1 rings (SSSR count). The zero-order valence-electron chi connectivity index (χ0n) is 13.8. The topological polar surface area (TPSA) is 81.8 Å². The highest BCUT2D eigenvalue weighted by Gasteiger charge is 2.20. The average Bonchev–Trinajstić information content (AvgIpc) is 2.42. The van der Waals surface area contributed by atoms with Gasteiger partial charge in [-0.1, -0.05) is 29.8 Å². The number of nitrogens with two attached hydrogens (primary N) is 1. The van der Waals surface area contributed by atoms with E-state index in [1.165, 1.54) is 0 Å². The minimum atomic E-state index is -0.934. The molecule has 0 aromatic heterocycles. The molecule has 5 heteroatoms. The molecule has 0 aliphatic rings. The monoisotopic (exact) mass is 309 g/mol. The van der Waals surface area contributed by atoms with Crippen molar-refractivity contribution in [3.8, 4) is 0 Å². The second kappa shape index (κ2) is 8.27. The lowest BCUT2D eigenvalue weighted by atomic mass is 10.1. The minimum Gasteiger partial charge on any atom is -0.460 e. The van der Waals surface area contributed by atoms with Gasteiger partial charge in [-0.05, 0) is 39.7 Å². The maximum absolute atomic E-state index is 11.8. The van der Waals surface area contributed by atoms with Gasteiger partial charge in [-0.15, -0.1) is 0 Å². The first kappa shape index (κ1) is 18.6. The molecule has 0 aliphatic heterocycles. The number of aliphatic hydroxyl groups is 1. The lowest BCUT2D eigenvalue weighted by Gasteiger charge is -2.24. The molecule has 124 valence electrons. The van der Waals surface area contributed by atoms with E-state index in [0.717, 1.165) is 11.1 Å². The van der Waals surface area contributed by atoms with Gasteiger partial charge in [-0.3, -0.25) is 4.79 Å². The molecule has 1 aromatic rings. The Kier molecular flexibility index (Phi) is 7.00. The fraction of sp³-hybridized carbons (Fsp3) is 0.588. The summed E-state index contributed by atoms with van der Waals surface area (Å²) in [5, 5.41) is 9.72. The van der Waals surface area contributed by atoms with Crippen LogP contribution in [0.2, 0.25) is 0 Å². The quantitative estimate of drug-likeness (QED) is 0.596. The first-order valence-corrected chi connectivity index (χ1v) is 7.51. The number of hydrogen-bond donors (Lipinski definition) is 2. The third kappa shape index (κ3) is 7.54. The summed E-state index contributed by atoms with van der Waals surface area (Å²) >= 11 is 0. The number of aliphatic hydroxyl groups excluding tert-OH is 1. The van der Waals surface area contributed by atoms with Gasteiger partial charge < -0.3 is 20.3 Å². The van der Waals surface area contributed by atoms with Gasteiger partial charge in [0.1, 0.15) is 12.6 Å². The van der Waals surface area contributed by atoms with E-state index in [0.29, 0.717) is 6.42 Å². The number of carbonyl (C=O) groups is 1. The van der Waals surface area contributed by atoms with Gasteiger partial charge >= 0.3 is 5.97 Å². The van der Waals surface area contributed by atoms with Crippen LogP contribution in [0.4, 0.5) is 0 Å². The van der Waals surface area contributed by atoms with Gasteiger partial charge in [-0.2, -0.15) is 0 Å². The van der Waals surface area contributed by atoms with Gasteiger partial charge in [0.2, 0.25) is 0 Å². The van der Waals surface area contributed by atoms with Crippen LogP contribution in [0.5, 0.6) is 0 Å². The molecule has 0 spiro atoms. The van der Waals surface area contributed by atoms with Gasteiger partial charge in [0, 0.05) is 6.42 Å². The molecular weight excluding hydrogens is 282 g/mol. The zero-order valence-corrected chi connectivity index (χ0v) is 13.8. The van der Waals surface area contributed by atoms with Crippen molar-refractivity contribution >= 4 is 5.97 Å². The Morgan fingerprint density at radius 3 is 2.36 bits per heavy atom. The summed E-state index contributed by atoms with van der Waals surface area (Å²) in [7, 11) is 0. The fourth-order valence-corrected chi connectivity index (χ4v) is 1.85. The maximum atomic E-state index is 11.8. The minimum absolute atomic E-state index is 0.202. The third-order valence-corrected chi connectivity index (χ3v) is 3.02. The van der Waals surface area contributed by atoms with Gasteiger partial charge in [0.05, 0.1) is 5.60 Å². The molecule has 0 aliphatic carbocycles. The summed E-state index contributed by atoms with van der Waals surface area (Å²) in [5.74, 6) is -0.469. The molecule has 0 radical (unpaired) electrons. The Bertz CT molecular complexity index is 465. The summed E-state index contributed by atoms with van der Waals surface area (Å²) in [6.45, 7) is 7.76. The SMILES string of the molecule is Cc1ccc(COC(=O)C(N)CCC(O)OC(C)(C)C)cc1. The van der Waals surface area contributed by atoms with Gasteiger partial charge in [0.15, 0.2) is 6.29 Å². The van der Waals surface area contributed by atoms with Crippen LogP contribution in [0.3, 0.4) is 0 Å². The molecule has 0 saturated heterocycles. The van der Waals surface area contributed by atoms with Crippen molar-refractivity contribution in [2.75, 3.05) is 0 Å². The fourth-order valence-electron chi connectivity index (χ4n) is 1.85. The maximum Gasteiger partial charge on any atom is 0.323 e.